The summed E-state index contributed by atoms with van der Waals surface area (Å²) in [5.41, 5.74) is 1.23. The van der Waals surface area contributed by atoms with Crippen molar-refractivity contribution in [2.75, 3.05) is 19.8 Å². The van der Waals surface area contributed by atoms with E-state index in [4.69, 9.17) is 13.7 Å². The molecule has 19 heavy (non-hydrogen) atoms. The molecule has 1 amide bonds. The zero-order valence-corrected chi connectivity index (χ0v) is 11.2. The summed E-state index contributed by atoms with van der Waals surface area (Å²) in [6.45, 7) is 1.63. The number of carbonyl (C=O) groups excluding carboxylic acids is 1. The first-order chi connectivity index (χ1) is 9.33. The van der Waals surface area contributed by atoms with Gasteiger partial charge >= 0.3 is 6.09 Å². The molecule has 6 heteroatoms. The predicted octanol–water partition coefficient (Wildman–Crippen LogP) is 2.14. The SMILES string of the molecule is O=C1NCC(COSc2cccc3c2OCCC3)O1. The van der Waals surface area contributed by atoms with Gasteiger partial charge in [-0.25, -0.2) is 4.79 Å². The van der Waals surface area contributed by atoms with Crippen LogP contribution in [-0.4, -0.2) is 32.0 Å². The van der Waals surface area contributed by atoms with Gasteiger partial charge in [-0.1, -0.05) is 12.1 Å². The van der Waals surface area contributed by atoms with E-state index >= 15 is 0 Å². The zero-order chi connectivity index (χ0) is 13.1. The van der Waals surface area contributed by atoms with Gasteiger partial charge in [0.25, 0.3) is 0 Å². The highest BCUT2D eigenvalue weighted by Crippen LogP contribution is 2.36. The molecule has 1 atom stereocenters. The summed E-state index contributed by atoms with van der Waals surface area (Å²) in [5, 5.41) is 2.59. The first-order valence-electron chi connectivity index (χ1n) is 6.31. The van der Waals surface area contributed by atoms with E-state index in [1.165, 1.54) is 17.6 Å². The van der Waals surface area contributed by atoms with Crippen molar-refractivity contribution in [2.24, 2.45) is 0 Å². The third kappa shape index (κ3) is 2.96. The van der Waals surface area contributed by atoms with E-state index in [1.54, 1.807) is 0 Å². The smallest absolute Gasteiger partial charge is 0.407 e. The van der Waals surface area contributed by atoms with Crippen LogP contribution in [0.1, 0.15) is 12.0 Å². The summed E-state index contributed by atoms with van der Waals surface area (Å²) in [6.07, 6.45) is 1.53. The summed E-state index contributed by atoms with van der Waals surface area (Å²) in [7, 11) is 0. The first kappa shape index (κ1) is 12.6. The van der Waals surface area contributed by atoms with Crippen molar-refractivity contribution in [3.63, 3.8) is 0 Å². The van der Waals surface area contributed by atoms with E-state index in [1.807, 2.05) is 12.1 Å². The highest BCUT2D eigenvalue weighted by molar-refractivity contribution is 7.94. The summed E-state index contributed by atoms with van der Waals surface area (Å²) in [5.74, 6) is 0.931. The number of hydrogen-bond donors (Lipinski definition) is 1. The fourth-order valence-electron chi connectivity index (χ4n) is 2.12. The maximum atomic E-state index is 10.9. The van der Waals surface area contributed by atoms with Crippen LogP contribution in [0.15, 0.2) is 23.1 Å². The molecule has 0 spiro atoms. The molecule has 0 bridgehead atoms. The molecule has 1 N–H and O–H groups in total. The maximum absolute atomic E-state index is 10.9. The Morgan fingerprint density at radius 2 is 2.42 bits per heavy atom. The number of cyclic esters (lactones) is 1. The quantitative estimate of drug-likeness (QED) is 0.857. The minimum absolute atomic E-state index is 0.208. The summed E-state index contributed by atoms with van der Waals surface area (Å²) in [4.78, 5) is 11.8. The normalized spacial score (nSPS) is 21.3. The largest absolute Gasteiger partial charge is 0.492 e. The molecule has 0 aromatic heterocycles. The van der Waals surface area contributed by atoms with E-state index in [-0.39, 0.29) is 12.2 Å². The van der Waals surface area contributed by atoms with Gasteiger partial charge < -0.3 is 19.0 Å². The molecule has 1 aromatic carbocycles. The number of rotatable bonds is 4. The lowest BCUT2D eigenvalue weighted by molar-refractivity contribution is 0.112. The van der Waals surface area contributed by atoms with Gasteiger partial charge in [0.05, 0.1) is 18.0 Å². The van der Waals surface area contributed by atoms with Gasteiger partial charge in [-0.2, -0.15) is 0 Å². The van der Waals surface area contributed by atoms with Crippen LogP contribution in [0.2, 0.25) is 0 Å². The lowest BCUT2D eigenvalue weighted by Gasteiger charge is -2.19. The van der Waals surface area contributed by atoms with Gasteiger partial charge in [0.1, 0.15) is 18.5 Å². The Bertz CT molecular complexity index is 480. The Labute approximate surface area is 115 Å². The number of para-hydroxylation sites is 1. The maximum Gasteiger partial charge on any atom is 0.407 e. The Morgan fingerprint density at radius 1 is 1.47 bits per heavy atom. The van der Waals surface area contributed by atoms with Crippen LogP contribution < -0.4 is 10.1 Å². The third-order valence-electron chi connectivity index (χ3n) is 3.05. The number of amides is 1. The number of benzene rings is 1. The molecule has 0 radical (unpaired) electrons. The number of carbonyl (C=O) groups is 1. The molecule has 5 nitrogen and oxygen atoms in total. The number of fused-ring (bicyclic) bond motifs is 1. The molecule has 2 heterocycles. The monoisotopic (exact) mass is 281 g/mol. The fraction of sp³-hybridized carbons (Fsp3) is 0.462. The van der Waals surface area contributed by atoms with Gasteiger partial charge in [-0.3, -0.25) is 0 Å². The van der Waals surface area contributed by atoms with E-state index < -0.39 is 0 Å². The Hall–Kier alpha value is -1.40. The van der Waals surface area contributed by atoms with Crippen LogP contribution in [0, 0.1) is 0 Å². The molecule has 102 valence electrons. The van der Waals surface area contributed by atoms with Gasteiger partial charge in [0.2, 0.25) is 0 Å². The average Bonchev–Trinajstić information content (AvgIpc) is 2.85. The molecular formula is C13H15NO4S. The van der Waals surface area contributed by atoms with E-state index in [9.17, 15) is 4.79 Å². The van der Waals surface area contributed by atoms with Crippen molar-refractivity contribution < 1.29 is 18.5 Å². The van der Waals surface area contributed by atoms with Crippen molar-refractivity contribution in [3.8, 4) is 5.75 Å². The molecule has 2 aliphatic rings. The fourth-order valence-corrected chi connectivity index (χ4v) is 2.87. The summed E-state index contributed by atoms with van der Waals surface area (Å²) in [6, 6.07) is 6.07. The van der Waals surface area contributed by atoms with Crippen molar-refractivity contribution in [1.82, 2.24) is 5.32 Å². The predicted molar refractivity (Wildman–Crippen MR) is 70.3 cm³/mol. The number of aryl methyl sites for hydroxylation is 1. The summed E-state index contributed by atoms with van der Waals surface area (Å²) >= 11 is 1.28. The van der Waals surface area contributed by atoms with E-state index in [0.29, 0.717) is 13.2 Å². The highest BCUT2D eigenvalue weighted by Gasteiger charge is 2.23. The van der Waals surface area contributed by atoms with Crippen LogP contribution in [0.5, 0.6) is 5.75 Å². The molecule has 0 aliphatic carbocycles. The van der Waals surface area contributed by atoms with Crippen LogP contribution in [0.3, 0.4) is 0 Å². The van der Waals surface area contributed by atoms with Crippen molar-refractivity contribution in [1.29, 1.82) is 0 Å². The molecule has 2 aliphatic heterocycles. The standard InChI is InChI=1S/C13H15NO4S/c15-13-14-7-10(18-13)8-17-19-11-5-1-3-9-4-2-6-16-12(9)11/h1,3,5,10H,2,4,6-8H2,(H,14,15). The van der Waals surface area contributed by atoms with Gasteiger partial charge in [0, 0.05) is 12.0 Å². The second kappa shape index (κ2) is 5.71. The van der Waals surface area contributed by atoms with Crippen molar-refractivity contribution >= 4 is 18.1 Å². The third-order valence-corrected chi connectivity index (χ3v) is 3.80. The molecule has 1 fully saturated rings. The minimum atomic E-state index is -0.376. The number of nitrogens with one attached hydrogen (secondary N) is 1. The molecule has 1 aromatic rings. The highest BCUT2D eigenvalue weighted by atomic mass is 32.2. The molecule has 0 saturated carbocycles. The Kier molecular flexibility index (Phi) is 3.79. The first-order valence-corrected chi connectivity index (χ1v) is 7.06. The number of alkyl carbamates (subject to hydrolysis) is 1. The zero-order valence-electron chi connectivity index (χ0n) is 10.4. The van der Waals surface area contributed by atoms with Crippen molar-refractivity contribution in [2.45, 2.75) is 23.8 Å². The van der Waals surface area contributed by atoms with Crippen LogP contribution in [0.4, 0.5) is 4.79 Å². The molecule has 3 rings (SSSR count). The second-order valence-electron chi connectivity index (χ2n) is 4.47. The topological polar surface area (TPSA) is 56.8 Å². The van der Waals surface area contributed by atoms with Crippen LogP contribution in [-0.2, 0) is 15.3 Å². The molecule has 1 unspecified atom stereocenters. The van der Waals surface area contributed by atoms with Crippen molar-refractivity contribution in [3.05, 3.63) is 23.8 Å². The van der Waals surface area contributed by atoms with Gasteiger partial charge in [-0.15, -0.1) is 0 Å². The lowest BCUT2D eigenvalue weighted by atomic mass is 10.1. The Morgan fingerprint density at radius 3 is 3.26 bits per heavy atom. The second-order valence-corrected chi connectivity index (χ2v) is 5.31. The molecule has 1 saturated heterocycles. The molecular weight excluding hydrogens is 266 g/mol. The Balaban J connectivity index is 1.56. The number of ether oxygens (including phenoxy) is 2. The summed E-state index contributed by atoms with van der Waals surface area (Å²) < 4.78 is 16.2. The van der Waals surface area contributed by atoms with E-state index in [2.05, 4.69) is 11.4 Å². The van der Waals surface area contributed by atoms with Crippen LogP contribution >= 0.6 is 12.0 Å². The lowest BCUT2D eigenvalue weighted by Crippen LogP contribution is -2.18. The average molecular weight is 281 g/mol. The van der Waals surface area contributed by atoms with Crippen LogP contribution in [0.25, 0.3) is 0 Å². The van der Waals surface area contributed by atoms with E-state index in [0.717, 1.165) is 30.1 Å². The minimum Gasteiger partial charge on any atom is -0.492 e. The van der Waals surface area contributed by atoms with Gasteiger partial charge in [0.15, 0.2) is 0 Å². The number of hydrogen-bond acceptors (Lipinski definition) is 5. The van der Waals surface area contributed by atoms with Gasteiger partial charge in [-0.05, 0) is 24.5 Å².